The number of amides is 2. The third-order valence-electron chi connectivity index (χ3n) is 4.60. The molecule has 0 unspecified atom stereocenters. The van der Waals surface area contributed by atoms with Gasteiger partial charge in [0.2, 0.25) is 0 Å². The second kappa shape index (κ2) is 8.40. The average Bonchev–Trinajstić information content (AvgIpc) is 2.88. The Kier molecular flexibility index (Phi) is 5.95. The van der Waals surface area contributed by atoms with Crippen molar-refractivity contribution in [2.24, 2.45) is 0 Å². The van der Waals surface area contributed by atoms with Crippen LogP contribution in [0.3, 0.4) is 0 Å². The fourth-order valence-electron chi connectivity index (χ4n) is 3.04. The fourth-order valence-corrected chi connectivity index (χ4v) is 3.04. The van der Waals surface area contributed by atoms with Crippen LogP contribution in [0.4, 0.5) is 5.69 Å². The lowest BCUT2D eigenvalue weighted by molar-refractivity contribution is -0.137. The zero-order valence-corrected chi connectivity index (χ0v) is 16.8. The summed E-state index contributed by atoms with van der Waals surface area (Å²) in [7, 11) is 0. The molecule has 5 heteroatoms. The standard InChI is InChI=1S/C23H26N2O3/c1-15(2)28-14-13-25-22(26)20(18-9-5-16(3)6-10-18)21(23(25)27)24-19-11-7-17(4)8-12-19/h5-12,15,24H,13-14H2,1-4H3. The van der Waals surface area contributed by atoms with Gasteiger partial charge in [0.05, 0.1) is 24.8 Å². The lowest BCUT2D eigenvalue weighted by Crippen LogP contribution is -2.35. The highest BCUT2D eigenvalue weighted by molar-refractivity contribution is 6.36. The van der Waals surface area contributed by atoms with Gasteiger partial charge in [0, 0.05) is 5.69 Å². The molecule has 0 aromatic heterocycles. The zero-order valence-electron chi connectivity index (χ0n) is 16.8. The highest BCUT2D eigenvalue weighted by Crippen LogP contribution is 2.30. The number of carbonyl (C=O) groups excluding carboxylic acids is 2. The molecule has 146 valence electrons. The minimum absolute atomic E-state index is 0.0440. The molecule has 2 amide bonds. The third kappa shape index (κ3) is 4.31. The van der Waals surface area contributed by atoms with Gasteiger partial charge >= 0.3 is 0 Å². The van der Waals surface area contributed by atoms with Crippen molar-refractivity contribution in [3.8, 4) is 0 Å². The van der Waals surface area contributed by atoms with E-state index in [9.17, 15) is 9.59 Å². The summed E-state index contributed by atoms with van der Waals surface area (Å²) in [4.78, 5) is 27.4. The minimum atomic E-state index is -0.325. The first-order chi connectivity index (χ1) is 13.4. The predicted octanol–water partition coefficient (Wildman–Crippen LogP) is 3.92. The topological polar surface area (TPSA) is 58.6 Å². The second-order valence-corrected chi connectivity index (χ2v) is 7.29. The van der Waals surface area contributed by atoms with E-state index in [4.69, 9.17) is 4.74 Å². The number of hydrogen-bond acceptors (Lipinski definition) is 4. The van der Waals surface area contributed by atoms with Gasteiger partial charge in [0.25, 0.3) is 11.8 Å². The third-order valence-corrected chi connectivity index (χ3v) is 4.60. The number of hydrogen-bond donors (Lipinski definition) is 1. The Morgan fingerprint density at radius 3 is 2.04 bits per heavy atom. The highest BCUT2D eigenvalue weighted by Gasteiger charge is 2.39. The number of nitrogens with one attached hydrogen (secondary N) is 1. The van der Waals surface area contributed by atoms with Gasteiger partial charge < -0.3 is 10.1 Å². The zero-order chi connectivity index (χ0) is 20.3. The molecule has 28 heavy (non-hydrogen) atoms. The summed E-state index contributed by atoms with van der Waals surface area (Å²) in [5.74, 6) is -0.621. The number of anilines is 1. The van der Waals surface area contributed by atoms with Gasteiger partial charge in [-0.25, -0.2) is 0 Å². The number of nitrogens with zero attached hydrogens (tertiary/aromatic N) is 1. The van der Waals surface area contributed by atoms with Gasteiger partial charge in [-0.15, -0.1) is 0 Å². The Morgan fingerprint density at radius 2 is 1.46 bits per heavy atom. The van der Waals surface area contributed by atoms with Crippen LogP contribution in [0, 0.1) is 13.8 Å². The molecule has 0 bridgehead atoms. The summed E-state index contributed by atoms with van der Waals surface area (Å²) in [6.07, 6.45) is 0.0440. The van der Waals surface area contributed by atoms with Crippen LogP contribution in [0.15, 0.2) is 54.2 Å². The molecule has 0 radical (unpaired) electrons. The summed E-state index contributed by atoms with van der Waals surface area (Å²) < 4.78 is 5.54. The van der Waals surface area contributed by atoms with Crippen LogP contribution >= 0.6 is 0 Å². The maximum Gasteiger partial charge on any atom is 0.278 e. The van der Waals surface area contributed by atoms with Crippen molar-refractivity contribution in [1.29, 1.82) is 0 Å². The molecule has 0 atom stereocenters. The Hall–Kier alpha value is -2.92. The van der Waals surface area contributed by atoms with E-state index in [2.05, 4.69) is 5.32 Å². The summed E-state index contributed by atoms with van der Waals surface area (Å²) in [5, 5.41) is 3.17. The van der Waals surface area contributed by atoms with E-state index in [0.29, 0.717) is 17.9 Å². The Bertz CT molecular complexity index is 896. The summed E-state index contributed by atoms with van der Waals surface area (Å²) in [6, 6.07) is 15.4. The smallest absolute Gasteiger partial charge is 0.278 e. The van der Waals surface area contributed by atoms with E-state index < -0.39 is 0 Å². The molecule has 1 aliphatic rings. The number of carbonyl (C=O) groups is 2. The molecule has 0 saturated carbocycles. The first-order valence-corrected chi connectivity index (χ1v) is 9.49. The van der Waals surface area contributed by atoms with E-state index in [1.165, 1.54) is 4.90 Å². The van der Waals surface area contributed by atoms with Crippen molar-refractivity contribution < 1.29 is 14.3 Å². The number of benzene rings is 2. The maximum atomic E-state index is 13.1. The van der Waals surface area contributed by atoms with Gasteiger partial charge in [0.15, 0.2) is 0 Å². The van der Waals surface area contributed by atoms with Crippen LogP contribution in [0.1, 0.15) is 30.5 Å². The molecule has 0 saturated heterocycles. The first-order valence-electron chi connectivity index (χ1n) is 9.49. The normalized spacial score (nSPS) is 14.4. The number of imide groups is 1. The number of rotatable bonds is 7. The van der Waals surface area contributed by atoms with E-state index >= 15 is 0 Å². The van der Waals surface area contributed by atoms with E-state index in [1.807, 2.05) is 76.2 Å². The molecule has 5 nitrogen and oxygen atoms in total. The molecule has 0 spiro atoms. The van der Waals surface area contributed by atoms with E-state index in [-0.39, 0.29) is 24.5 Å². The van der Waals surface area contributed by atoms with Crippen molar-refractivity contribution in [3.63, 3.8) is 0 Å². The van der Waals surface area contributed by atoms with Crippen LogP contribution in [0.25, 0.3) is 5.57 Å². The average molecular weight is 378 g/mol. The Labute approximate surface area is 166 Å². The van der Waals surface area contributed by atoms with Crippen LogP contribution in [-0.4, -0.2) is 36.0 Å². The lowest BCUT2D eigenvalue weighted by Gasteiger charge is -2.16. The van der Waals surface area contributed by atoms with Gasteiger partial charge in [-0.05, 0) is 45.4 Å². The summed E-state index contributed by atoms with van der Waals surface area (Å²) >= 11 is 0. The lowest BCUT2D eigenvalue weighted by atomic mass is 10.0. The van der Waals surface area contributed by atoms with Crippen molar-refractivity contribution in [2.75, 3.05) is 18.5 Å². The number of aryl methyl sites for hydroxylation is 2. The van der Waals surface area contributed by atoms with E-state index in [0.717, 1.165) is 22.4 Å². The highest BCUT2D eigenvalue weighted by atomic mass is 16.5. The molecule has 2 aromatic rings. The second-order valence-electron chi connectivity index (χ2n) is 7.29. The van der Waals surface area contributed by atoms with Gasteiger partial charge in [-0.3, -0.25) is 14.5 Å². The molecule has 1 aliphatic heterocycles. The fraction of sp³-hybridized carbons (Fsp3) is 0.304. The molecular weight excluding hydrogens is 352 g/mol. The molecule has 0 aliphatic carbocycles. The van der Waals surface area contributed by atoms with Crippen LogP contribution in [-0.2, 0) is 14.3 Å². The largest absolute Gasteiger partial charge is 0.377 e. The van der Waals surface area contributed by atoms with Crippen molar-refractivity contribution in [1.82, 2.24) is 4.90 Å². The van der Waals surface area contributed by atoms with Crippen LogP contribution in [0.5, 0.6) is 0 Å². The van der Waals surface area contributed by atoms with Crippen molar-refractivity contribution >= 4 is 23.1 Å². The first kappa shape index (κ1) is 19.8. The quantitative estimate of drug-likeness (QED) is 0.742. The van der Waals surface area contributed by atoms with Crippen LogP contribution in [0.2, 0.25) is 0 Å². The monoisotopic (exact) mass is 378 g/mol. The molecule has 1 heterocycles. The van der Waals surface area contributed by atoms with Gasteiger partial charge in [-0.2, -0.15) is 0 Å². The van der Waals surface area contributed by atoms with Crippen molar-refractivity contribution in [2.45, 2.75) is 33.8 Å². The molecule has 2 aromatic carbocycles. The summed E-state index contributed by atoms with van der Waals surface area (Å²) in [6.45, 7) is 8.38. The predicted molar refractivity (Wildman–Crippen MR) is 111 cm³/mol. The van der Waals surface area contributed by atoms with Gasteiger partial charge in [0.1, 0.15) is 5.70 Å². The maximum absolute atomic E-state index is 13.1. The molecule has 3 rings (SSSR count). The molecular formula is C23H26N2O3. The van der Waals surface area contributed by atoms with Crippen molar-refractivity contribution in [3.05, 3.63) is 70.9 Å². The Morgan fingerprint density at radius 1 is 0.893 bits per heavy atom. The van der Waals surface area contributed by atoms with Crippen LogP contribution < -0.4 is 5.32 Å². The van der Waals surface area contributed by atoms with E-state index in [1.54, 1.807) is 0 Å². The van der Waals surface area contributed by atoms with Gasteiger partial charge in [-0.1, -0.05) is 47.5 Å². The SMILES string of the molecule is Cc1ccc(NC2=C(c3ccc(C)cc3)C(=O)N(CCOC(C)C)C2=O)cc1. The number of ether oxygens (including phenoxy) is 1. The minimum Gasteiger partial charge on any atom is -0.377 e. The summed E-state index contributed by atoms with van der Waals surface area (Å²) in [5.41, 5.74) is 4.42. The molecule has 1 N–H and O–H groups in total. The Balaban J connectivity index is 1.94. The molecule has 0 fully saturated rings.